The minimum atomic E-state index is 0.108. The molecule has 0 aliphatic heterocycles. The van der Waals surface area contributed by atoms with Gasteiger partial charge in [0.25, 0.3) is 0 Å². The molecule has 1 aromatic carbocycles. The van der Waals surface area contributed by atoms with Gasteiger partial charge in [-0.1, -0.05) is 35.9 Å². The fourth-order valence-corrected chi connectivity index (χ4v) is 2.32. The summed E-state index contributed by atoms with van der Waals surface area (Å²) in [6.07, 6.45) is 3.55. The van der Waals surface area contributed by atoms with Crippen molar-refractivity contribution >= 4 is 28.2 Å². The standard InChI is InChI=1S/C15H13ClN4/c1-10(11-6-8-17-9-7-11)18-15-13-5-3-2-4-12(13)14(16)19-20-15/h2-10H,1H3,(H,18,20). The van der Waals surface area contributed by atoms with Crippen LogP contribution in [0.2, 0.25) is 5.15 Å². The highest BCUT2D eigenvalue weighted by Gasteiger charge is 2.11. The predicted octanol–water partition coefficient (Wildman–Crippen LogP) is 3.85. The summed E-state index contributed by atoms with van der Waals surface area (Å²) >= 11 is 6.07. The second-order valence-corrected chi connectivity index (χ2v) is 4.89. The minimum absolute atomic E-state index is 0.108. The number of aromatic nitrogens is 3. The molecule has 2 aromatic heterocycles. The molecule has 2 heterocycles. The van der Waals surface area contributed by atoms with Crippen molar-refractivity contribution in [3.63, 3.8) is 0 Å². The minimum Gasteiger partial charge on any atom is -0.362 e. The molecule has 0 bridgehead atoms. The first kappa shape index (κ1) is 12.8. The van der Waals surface area contributed by atoms with Gasteiger partial charge in [-0.15, -0.1) is 10.2 Å². The van der Waals surface area contributed by atoms with Crippen molar-refractivity contribution in [1.82, 2.24) is 15.2 Å². The van der Waals surface area contributed by atoms with Gasteiger partial charge in [0.2, 0.25) is 0 Å². The number of halogens is 1. The van der Waals surface area contributed by atoms with Crippen LogP contribution in [0.3, 0.4) is 0 Å². The molecule has 1 N–H and O–H groups in total. The number of rotatable bonds is 3. The third-order valence-electron chi connectivity index (χ3n) is 3.20. The molecule has 0 saturated carbocycles. The van der Waals surface area contributed by atoms with Crippen molar-refractivity contribution < 1.29 is 0 Å². The molecule has 3 rings (SSSR count). The van der Waals surface area contributed by atoms with Crippen molar-refractivity contribution in [2.24, 2.45) is 0 Å². The highest BCUT2D eigenvalue weighted by Crippen LogP contribution is 2.27. The molecular weight excluding hydrogens is 272 g/mol. The van der Waals surface area contributed by atoms with E-state index in [1.807, 2.05) is 36.4 Å². The normalized spacial score (nSPS) is 12.3. The first-order valence-electron chi connectivity index (χ1n) is 6.33. The van der Waals surface area contributed by atoms with Gasteiger partial charge in [0.1, 0.15) is 0 Å². The van der Waals surface area contributed by atoms with Gasteiger partial charge in [-0.05, 0) is 24.6 Å². The van der Waals surface area contributed by atoms with E-state index in [2.05, 4.69) is 27.4 Å². The van der Waals surface area contributed by atoms with Crippen molar-refractivity contribution in [2.45, 2.75) is 13.0 Å². The summed E-state index contributed by atoms with van der Waals surface area (Å²) in [7, 11) is 0. The first-order chi connectivity index (χ1) is 9.75. The quantitative estimate of drug-likeness (QED) is 0.794. The number of hydrogen-bond donors (Lipinski definition) is 1. The van der Waals surface area contributed by atoms with Crippen molar-refractivity contribution in [3.05, 3.63) is 59.5 Å². The molecule has 1 atom stereocenters. The number of benzene rings is 1. The number of anilines is 1. The van der Waals surface area contributed by atoms with Crippen LogP contribution >= 0.6 is 11.6 Å². The second-order valence-electron chi connectivity index (χ2n) is 4.53. The number of fused-ring (bicyclic) bond motifs is 1. The van der Waals surface area contributed by atoms with E-state index in [4.69, 9.17) is 11.6 Å². The fourth-order valence-electron chi connectivity index (χ4n) is 2.12. The SMILES string of the molecule is CC(Nc1nnc(Cl)c2ccccc12)c1ccncc1. The summed E-state index contributed by atoms with van der Waals surface area (Å²) in [5.74, 6) is 0.731. The maximum atomic E-state index is 6.07. The highest BCUT2D eigenvalue weighted by molar-refractivity contribution is 6.34. The molecular formula is C15H13ClN4. The van der Waals surface area contributed by atoms with Crippen LogP contribution < -0.4 is 5.32 Å². The van der Waals surface area contributed by atoms with Crippen molar-refractivity contribution in [1.29, 1.82) is 0 Å². The number of hydrogen-bond acceptors (Lipinski definition) is 4. The zero-order chi connectivity index (χ0) is 13.9. The van der Waals surface area contributed by atoms with Crippen LogP contribution in [0.25, 0.3) is 10.8 Å². The number of nitrogens with zero attached hydrogens (tertiary/aromatic N) is 3. The van der Waals surface area contributed by atoms with Gasteiger partial charge in [-0.2, -0.15) is 0 Å². The molecule has 0 aliphatic carbocycles. The summed E-state index contributed by atoms with van der Waals surface area (Å²) in [6.45, 7) is 2.07. The molecule has 20 heavy (non-hydrogen) atoms. The smallest absolute Gasteiger partial charge is 0.159 e. The molecule has 0 spiro atoms. The lowest BCUT2D eigenvalue weighted by atomic mass is 10.1. The molecule has 0 saturated heterocycles. The summed E-state index contributed by atoms with van der Waals surface area (Å²) in [4.78, 5) is 4.02. The molecule has 3 aromatic rings. The Bertz CT molecular complexity index is 730. The predicted molar refractivity (Wildman–Crippen MR) is 80.8 cm³/mol. The van der Waals surface area contributed by atoms with Crippen LogP contribution in [0.4, 0.5) is 5.82 Å². The third kappa shape index (κ3) is 2.42. The molecule has 0 aliphatic rings. The summed E-state index contributed by atoms with van der Waals surface area (Å²) < 4.78 is 0. The van der Waals surface area contributed by atoms with Gasteiger partial charge in [0.05, 0.1) is 6.04 Å². The van der Waals surface area contributed by atoms with Gasteiger partial charge >= 0.3 is 0 Å². The summed E-state index contributed by atoms with van der Waals surface area (Å²) in [5.41, 5.74) is 1.14. The Labute approximate surface area is 121 Å². The van der Waals surface area contributed by atoms with Gasteiger partial charge in [0, 0.05) is 23.2 Å². The van der Waals surface area contributed by atoms with Crippen LogP contribution in [0, 0.1) is 0 Å². The van der Waals surface area contributed by atoms with E-state index in [0.717, 1.165) is 22.2 Å². The van der Waals surface area contributed by atoms with E-state index in [9.17, 15) is 0 Å². The number of nitrogens with one attached hydrogen (secondary N) is 1. The average molecular weight is 285 g/mol. The highest BCUT2D eigenvalue weighted by atomic mass is 35.5. The van der Waals surface area contributed by atoms with Gasteiger partial charge in [-0.25, -0.2) is 0 Å². The van der Waals surface area contributed by atoms with Gasteiger partial charge in [0.15, 0.2) is 11.0 Å². The second kappa shape index (κ2) is 5.43. The molecule has 100 valence electrons. The Morgan fingerprint density at radius 3 is 2.45 bits per heavy atom. The Hall–Kier alpha value is -2.20. The Morgan fingerprint density at radius 1 is 1.00 bits per heavy atom. The van der Waals surface area contributed by atoms with Crippen LogP contribution in [0.5, 0.6) is 0 Å². The van der Waals surface area contributed by atoms with E-state index in [-0.39, 0.29) is 6.04 Å². The summed E-state index contributed by atoms with van der Waals surface area (Å²) in [5, 5.41) is 13.8. The van der Waals surface area contributed by atoms with Crippen LogP contribution in [0.15, 0.2) is 48.8 Å². The Balaban J connectivity index is 1.97. The maximum absolute atomic E-state index is 6.07. The van der Waals surface area contributed by atoms with Crippen LogP contribution in [0.1, 0.15) is 18.5 Å². The van der Waals surface area contributed by atoms with E-state index >= 15 is 0 Å². The lowest BCUT2D eigenvalue weighted by Crippen LogP contribution is -2.09. The third-order valence-corrected chi connectivity index (χ3v) is 3.48. The Kier molecular flexibility index (Phi) is 3.48. The summed E-state index contributed by atoms with van der Waals surface area (Å²) in [6, 6.07) is 11.9. The average Bonchev–Trinajstić information content (AvgIpc) is 2.51. The molecule has 0 fully saturated rings. The van der Waals surface area contributed by atoms with Crippen molar-refractivity contribution in [3.8, 4) is 0 Å². The lowest BCUT2D eigenvalue weighted by Gasteiger charge is -2.15. The lowest BCUT2D eigenvalue weighted by molar-refractivity contribution is 0.862. The topological polar surface area (TPSA) is 50.7 Å². The van der Waals surface area contributed by atoms with E-state index < -0.39 is 0 Å². The molecule has 0 radical (unpaired) electrons. The Morgan fingerprint density at radius 2 is 1.70 bits per heavy atom. The maximum Gasteiger partial charge on any atom is 0.159 e. The molecule has 5 heteroatoms. The van der Waals surface area contributed by atoms with Gasteiger partial charge < -0.3 is 5.32 Å². The zero-order valence-electron chi connectivity index (χ0n) is 10.9. The largest absolute Gasteiger partial charge is 0.362 e. The molecule has 1 unspecified atom stereocenters. The fraction of sp³-hybridized carbons (Fsp3) is 0.133. The van der Waals surface area contributed by atoms with Crippen LogP contribution in [-0.4, -0.2) is 15.2 Å². The monoisotopic (exact) mass is 284 g/mol. The van der Waals surface area contributed by atoms with Gasteiger partial charge in [-0.3, -0.25) is 4.98 Å². The van der Waals surface area contributed by atoms with Crippen LogP contribution in [-0.2, 0) is 0 Å². The molecule has 4 nitrogen and oxygen atoms in total. The van der Waals surface area contributed by atoms with E-state index in [0.29, 0.717) is 5.15 Å². The van der Waals surface area contributed by atoms with Crippen molar-refractivity contribution in [2.75, 3.05) is 5.32 Å². The van der Waals surface area contributed by atoms with E-state index in [1.165, 1.54) is 0 Å². The zero-order valence-corrected chi connectivity index (χ0v) is 11.7. The first-order valence-corrected chi connectivity index (χ1v) is 6.71. The van der Waals surface area contributed by atoms with E-state index in [1.54, 1.807) is 12.4 Å². The number of pyridine rings is 1. The molecule has 0 amide bonds.